The maximum atomic E-state index is 3.97. The zero-order chi connectivity index (χ0) is 10.3. The molecule has 2 aromatic rings. The van der Waals surface area contributed by atoms with Gasteiger partial charge in [0.25, 0.3) is 0 Å². The van der Waals surface area contributed by atoms with Gasteiger partial charge in [-0.3, -0.25) is 0 Å². The third-order valence-electron chi connectivity index (χ3n) is 1.42. The van der Waals surface area contributed by atoms with Crippen LogP contribution in [0.1, 0.15) is 6.42 Å². The van der Waals surface area contributed by atoms with Gasteiger partial charge in [-0.15, -0.1) is 20.4 Å². The Kier molecular flexibility index (Phi) is 4.84. The highest BCUT2D eigenvalue weighted by molar-refractivity contribution is 8.01. The van der Waals surface area contributed by atoms with Crippen LogP contribution in [-0.2, 0) is 0 Å². The van der Waals surface area contributed by atoms with Crippen LogP contribution in [0.3, 0.4) is 0 Å². The van der Waals surface area contributed by atoms with Gasteiger partial charge in [-0.2, -0.15) is 0 Å². The molecule has 0 saturated carbocycles. The highest BCUT2D eigenvalue weighted by Gasteiger charge is 1.99. The Morgan fingerprint density at radius 2 is 1.47 bits per heavy atom. The molecule has 8 heteroatoms. The zero-order valence-corrected chi connectivity index (χ0v) is 11.0. The number of nitrogens with zero attached hydrogens (tertiary/aromatic N) is 4. The Morgan fingerprint density at radius 1 is 0.933 bits per heavy atom. The van der Waals surface area contributed by atoms with Crippen molar-refractivity contribution in [1.29, 1.82) is 0 Å². The quantitative estimate of drug-likeness (QED) is 0.597. The summed E-state index contributed by atoms with van der Waals surface area (Å²) in [6, 6.07) is 0. The molecule has 0 aliphatic rings. The molecule has 0 aliphatic carbocycles. The van der Waals surface area contributed by atoms with E-state index in [9.17, 15) is 0 Å². The van der Waals surface area contributed by atoms with Gasteiger partial charge in [0.2, 0.25) is 0 Å². The van der Waals surface area contributed by atoms with Crippen molar-refractivity contribution >= 4 is 46.2 Å². The number of hydrogen-bond donors (Lipinski definition) is 0. The van der Waals surface area contributed by atoms with Crippen molar-refractivity contribution < 1.29 is 0 Å². The molecule has 2 aromatic heterocycles. The van der Waals surface area contributed by atoms with Crippen molar-refractivity contribution in [2.45, 2.75) is 15.1 Å². The molecule has 0 saturated heterocycles. The summed E-state index contributed by atoms with van der Waals surface area (Å²) in [6.07, 6.45) is 1.15. The van der Waals surface area contributed by atoms with Crippen LogP contribution < -0.4 is 0 Å². The molecule has 15 heavy (non-hydrogen) atoms. The summed E-state index contributed by atoms with van der Waals surface area (Å²) >= 11 is 6.71. The fraction of sp³-hybridized carbons (Fsp3) is 0.429. The van der Waals surface area contributed by atoms with E-state index in [-0.39, 0.29) is 0 Å². The first-order valence-corrected chi connectivity index (χ1v) is 7.96. The van der Waals surface area contributed by atoms with E-state index in [0.717, 1.165) is 26.6 Å². The largest absolute Gasteiger partial charge is 0.174 e. The van der Waals surface area contributed by atoms with Crippen LogP contribution in [0.15, 0.2) is 19.7 Å². The molecule has 80 valence electrons. The van der Waals surface area contributed by atoms with E-state index in [4.69, 9.17) is 0 Å². The van der Waals surface area contributed by atoms with Gasteiger partial charge in [0.1, 0.15) is 11.0 Å². The molecule has 0 unspecified atom stereocenters. The lowest BCUT2D eigenvalue weighted by atomic mass is 10.6. The van der Waals surface area contributed by atoms with E-state index in [1.54, 1.807) is 57.2 Å². The Bertz CT molecular complexity index is 324. The summed E-state index contributed by atoms with van der Waals surface area (Å²) in [5, 5.41) is 15.5. The van der Waals surface area contributed by atoms with E-state index < -0.39 is 0 Å². The van der Waals surface area contributed by atoms with Gasteiger partial charge in [-0.05, 0) is 6.42 Å². The molecule has 0 aromatic carbocycles. The summed E-state index contributed by atoms with van der Waals surface area (Å²) in [7, 11) is 0. The van der Waals surface area contributed by atoms with Gasteiger partial charge in [0.15, 0.2) is 8.68 Å². The molecule has 2 rings (SSSR count). The summed E-state index contributed by atoms with van der Waals surface area (Å²) < 4.78 is 2.10. The zero-order valence-electron chi connectivity index (χ0n) is 7.70. The molecule has 4 nitrogen and oxygen atoms in total. The minimum Gasteiger partial charge on any atom is -0.146 e. The average Bonchev–Trinajstić information content (AvgIpc) is 2.88. The lowest BCUT2D eigenvalue weighted by Crippen LogP contribution is -1.84. The van der Waals surface area contributed by atoms with E-state index in [1.807, 2.05) is 0 Å². The Labute approximate surface area is 104 Å². The second-order valence-electron chi connectivity index (χ2n) is 2.46. The topological polar surface area (TPSA) is 51.6 Å². The van der Waals surface area contributed by atoms with Gasteiger partial charge in [0.05, 0.1) is 0 Å². The minimum absolute atomic E-state index is 1.05. The van der Waals surface area contributed by atoms with Crippen LogP contribution in [0, 0.1) is 0 Å². The molecular weight excluding hydrogens is 268 g/mol. The molecular formula is C7H8N4S4. The number of hydrogen-bond acceptors (Lipinski definition) is 8. The SMILES string of the molecule is c1nnc(SCCCSc2nncs2)s1. The van der Waals surface area contributed by atoms with Crippen LogP contribution in [0.2, 0.25) is 0 Å². The van der Waals surface area contributed by atoms with Gasteiger partial charge < -0.3 is 0 Å². The van der Waals surface area contributed by atoms with Crippen molar-refractivity contribution in [3.8, 4) is 0 Å². The molecule has 0 atom stereocenters. The third-order valence-corrected chi connectivity index (χ3v) is 5.31. The van der Waals surface area contributed by atoms with E-state index >= 15 is 0 Å². The van der Waals surface area contributed by atoms with E-state index in [1.165, 1.54) is 0 Å². The standard InChI is InChI=1S/C7H8N4S4/c1(2-12-6-10-8-4-14-6)3-13-7-11-9-5-15-7/h4-5H,1-3H2. The summed E-state index contributed by atoms with van der Waals surface area (Å²) in [5.41, 5.74) is 3.52. The molecule has 0 aliphatic heterocycles. The molecule has 0 N–H and O–H groups in total. The first-order valence-electron chi connectivity index (χ1n) is 4.23. The summed E-state index contributed by atoms with van der Waals surface area (Å²) in [4.78, 5) is 0. The number of rotatable bonds is 6. The normalized spacial score (nSPS) is 10.7. The van der Waals surface area contributed by atoms with E-state index in [2.05, 4.69) is 20.4 Å². The molecule has 0 spiro atoms. The third kappa shape index (κ3) is 4.06. The maximum Gasteiger partial charge on any atom is 0.174 e. The fourth-order valence-corrected chi connectivity index (χ4v) is 4.01. The smallest absolute Gasteiger partial charge is 0.146 e. The summed E-state index contributed by atoms with van der Waals surface area (Å²) in [6.45, 7) is 0. The summed E-state index contributed by atoms with van der Waals surface area (Å²) in [5.74, 6) is 2.17. The average molecular weight is 276 g/mol. The van der Waals surface area contributed by atoms with Gasteiger partial charge in [0, 0.05) is 11.5 Å². The monoisotopic (exact) mass is 276 g/mol. The molecule has 0 fully saturated rings. The first-order chi connectivity index (χ1) is 7.45. The lowest BCUT2D eigenvalue weighted by molar-refractivity contribution is 1.00. The van der Waals surface area contributed by atoms with Crippen molar-refractivity contribution in [1.82, 2.24) is 20.4 Å². The second-order valence-corrected chi connectivity index (χ2v) is 6.81. The number of aromatic nitrogens is 4. The predicted molar refractivity (Wildman–Crippen MR) is 65.9 cm³/mol. The van der Waals surface area contributed by atoms with Crippen molar-refractivity contribution in [3.63, 3.8) is 0 Å². The highest BCUT2D eigenvalue weighted by Crippen LogP contribution is 2.23. The molecule has 2 heterocycles. The van der Waals surface area contributed by atoms with Gasteiger partial charge >= 0.3 is 0 Å². The van der Waals surface area contributed by atoms with Crippen LogP contribution in [-0.4, -0.2) is 31.9 Å². The van der Waals surface area contributed by atoms with Crippen LogP contribution in [0.5, 0.6) is 0 Å². The first kappa shape index (κ1) is 11.3. The Hall–Kier alpha value is -0.180. The van der Waals surface area contributed by atoms with Crippen LogP contribution in [0.4, 0.5) is 0 Å². The molecule has 0 radical (unpaired) electrons. The van der Waals surface area contributed by atoms with E-state index in [0.29, 0.717) is 0 Å². The molecule has 0 amide bonds. The van der Waals surface area contributed by atoms with Crippen molar-refractivity contribution in [2.24, 2.45) is 0 Å². The maximum absolute atomic E-state index is 3.97. The number of thioether (sulfide) groups is 2. The van der Waals surface area contributed by atoms with Crippen LogP contribution >= 0.6 is 46.2 Å². The predicted octanol–water partition coefficient (Wildman–Crippen LogP) is 2.66. The second kappa shape index (κ2) is 6.41. The van der Waals surface area contributed by atoms with Crippen molar-refractivity contribution in [3.05, 3.63) is 11.0 Å². The van der Waals surface area contributed by atoms with Gasteiger partial charge in [-0.25, -0.2) is 0 Å². The highest BCUT2D eigenvalue weighted by atomic mass is 32.2. The Balaban J connectivity index is 1.56. The van der Waals surface area contributed by atoms with Crippen LogP contribution in [0.25, 0.3) is 0 Å². The fourth-order valence-electron chi connectivity index (χ4n) is 0.830. The Morgan fingerprint density at radius 3 is 1.87 bits per heavy atom. The minimum atomic E-state index is 1.05. The van der Waals surface area contributed by atoms with Gasteiger partial charge in [-0.1, -0.05) is 46.2 Å². The van der Waals surface area contributed by atoms with Crippen molar-refractivity contribution in [2.75, 3.05) is 11.5 Å². The lowest BCUT2D eigenvalue weighted by Gasteiger charge is -1.96. The molecule has 0 bridgehead atoms.